The van der Waals surface area contributed by atoms with Crippen LogP contribution in [0.25, 0.3) is 0 Å². The Morgan fingerprint density at radius 2 is 0.737 bits per heavy atom. The molecule has 0 heterocycles. The van der Waals surface area contributed by atoms with Crippen molar-refractivity contribution in [2.45, 2.75) is 308 Å². The van der Waals surface area contributed by atoms with Crippen molar-refractivity contribution in [3.63, 3.8) is 0 Å². The number of carbonyl (C=O) groups is 6. The van der Waals surface area contributed by atoms with E-state index in [2.05, 4.69) is 39.3 Å². The van der Waals surface area contributed by atoms with Gasteiger partial charge in [0.15, 0.2) is 0 Å². The fourth-order valence-corrected chi connectivity index (χ4v) is 8.56. The fraction of sp³-hybridized carbons (Fsp3) is 0.815. The minimum Gasteiger partial charge on any atom is -0.465 e. The first-order valence-corrected chi connectivity index (χ1v) is 30.2. The monoisotopic (exact) mass is 1080 g/mol. The van der Waals surface area contributed by atoms with Gasteiger partial charge in [-0.3, -0.25) is 19.2 Å². The Morgan fingerprint density at radius 1 is 0.461 bits per heavy atom. The molecule has 0 radical (unpaired) electrons. The van der Waals surface area contributed by atoms with Gasteiger partial charge in [0.1, 0.15) is 5.78 Å². The number of rotatable bonds is 47. The zero-order valence-electron chi connectivity index (χ0n) is 50.7. The van der Waals surface area contributed by atoms with Gasteiger partial charge in [0.25, 0.3) is 0 Å². The Morgan fingerprint density at radius 3 is 0.974 bits per heavy atom. The van der Waals surface area contributed by atoms with Gasteiger partial charge in [-0.25, -0.2) is 9.59 Å². The van der Waals surface area contributed by atoms with Crippen LogP contribution in [0.5, 0.6) is 0 Å². The Labute approximate surface area is 469 Å². The molecule has 76 heavy (non-hydrogen) atoms. The number of Topliss-reactive ketones (excluding diaryl/α,β-unsaturated/α-hetero) is 1. The molecule has 448 valence electrons. The van der Waals surface area contributed by atoms with Crippen molar-refractivity contribution < 1.29 is 43.0 Å². The lowest BCUT2D eigenvalue weighted by atomic mass is 9.68. The number of hydrogen-bond acceptors (Lipinski definition) is 9. The van der Waals surface area contributed by atoms with Crippen molar-refractivity contribution >= 4 is 35.5 Å². The predicted molar refractivity (Wildman–Crippen MR) is 323 cm³/mol. The van der Waals surface area contributed by atoms with Crippen molar-refractivity contribution in [1.82, 2.24) is 0 Å². The number of nitrogens with two attached hydrogens (primary N) is 2. The highest BCUT2D eigenvalue weighted by Crippen LogP contribution is 2.41. The Bertz CT molecular complexity index is 1470. The van der Waals surface area contributed by atoms with Crippen LogP contribution >= 0.6 is 0 Å². The quantitative estimate of drug-likeness (QED) is 0.0259. The Hall–Kier alpha value is -3.76. The van der Waals surface area contributed by atoms with E-state index < -0.39 is 28.6 Å². The zero-order chi connectivity index (χ0) is 57.6. The van der Waals surface area contributed by atoms with Crippen LogP contribution in [-0.4, -0.2) is 55.3 Å². The maximum atomic E-state index is 13.1. The second kappa shape index (κ2) is 57.4. The summed E-state index contributed by atoms with van der Waals surface area (Å²) in [7, 11) is 0. The molecule has 4 N–H and O–H groups in total. The van der Waals surface area contributed by atoms with E-state index in [0.29, 0.717) is 50.2 Å². The molecule has 11 heteroatoms. The summed E-state index contributed by atoms with van der Waals surface area (Å²) in [4.78, 5) is 68.3. The molecule has 2 atom stereocenters. The summed E-state index contributed by atoms with van der Waals surface area (Å²) >= 11 is 0. The van der Waals surface area contributed by atoms with Gasteiger partial charge in [0, 0.05) is 22.5 Å². The summed E-state index contributed by atoms with van der Waals surface area (Å²) in [5.41, 5.74) is 9.47. The summed E-state index contributed by atoms with van der Waals surface area (Å²) in [5.74, 6) is -2.13. The summed E-state index contributed by atoms with van der Waals surface area (Å²) in [6.45, 7) is 30.3. The summed E-state index contributed by atoms with van der Waals surface area (Å²) in [5, 5.41) is 0. The van der Waals surface area contributed by atoms with Crippen LogP contribution in [0.1, 0.15) is 308 Å². The van der Waals surface area contributed by atoms with E-state index in [9.17, 15) is 28.8 Å². The van der Waals surface area contributed by atoms with Gasteiger partial charge in [-0.1, -0.05) is 261 Å². The van der Waals surface area contributed by atoms with Crippen molar-refractivity contribution in [3.05, 3.63) is 37.0 Å². The molecule has 0 aliphatic heterocycles. The largest absolute Gasteiger partial charge is 0.465 e. The highest BCUT2D eigenvalue weighted by atomic mass is 16.5. The van der Waals surface area contributed by atoms with Crippen LogP contribution in [0, 0.1) is 16.7 Å². The average molecular weight is 1080 g/mol. The Kier molecular flexibility index (Phi) is 61.3. The zero-order valence-corrected chi connectivity index (χ0v) is 50.7. The number of primary amides is 2. The van der Waals surface area contributed by atoms with Crippen LogP contribution < -0.4 is 11.5 Å². The number of carbonyl (C=O) groups excluding carboxylic acids is 6. The van der Waals surface area contributed by atoms with Crippen LogP contribution in [0.2, 0.25) is 0 Å². The van der Waals surface area contributed by atoms with Gasteiger partial charge in [-0.15, -0.1) is 0 Å². The number of esters is 3. The maximum absolute atomic E-state index is 13.1. The fourth-order valence-electron chi connectivity index (χ4n) is 8.56. The number of amides is 2. The van der Waals surface area contributed by atoms with Gasteiger partial charge < -0.3 is 25.7 Å². The predicted octanol–water partition coefficient (Wildman–Crippen LogP) is 17.9. The third-order valence-corrected chi connectivity index (χ3v) is 13.7. The molecular formula is C65H124N2O9. The van der Waals surface area contributed by atoms with Gasteiger partial charge >= 0.3 is 17.9 Å². The molecule has 0 saturated carbocycles. The molecule has 0 saturated heterocycles. The van der Waals surface area contributed by atoms with Crippen molar-refractivity contribution in [2.24, 2.45) is 28.2 Å². The maximum Gasteiger partial charge on any atom is 0.333 e. The van der Waals surface area contributed by atoms with Crippen LogP contribution in [-0.2, 0) is 43.0 Å². The SMILES string of the molecule is C.C=C(C)C(=O)OCCC.C=C(C)C(=O)OCCCCCCCCCCCCCCCCCC.C=CC(N)=O.CCCCCCCCCCCCCCCCCCOC(=O)C(C)(CC(CC)C(N)=O)CC(C)(C)C(C)=O. The second-order valence-corrected chi connectivity index (χ2v) is 22.1. The molecule has 0 aliphatic carbocycles. The molecule has 11 nitrogen and oxygen atoms in total. The number of unbranched alkanes of at least 4 members (excludes halogenated alkanes) is 30. The van der Waals surface area contributed by atoms with E-state index in [1.54, 1.807) is 20.8 Å². The first-order valence-electron chi connectivity index (χ1n) is 30.2. The first kappa shape index (κ1) is 81.1. The van der Waals surface area contributed by atoms with Crippen molar-refractivity contribution in [3.8, 4) is 0 Å². The molecule has 0 aromatic rings. The number of ether oxygens (including phenoxy) is 3. The standard InChI is InChI=1S/C32H61NO4.C22H42O2.C7H12O2.C3H5NO.CH4/c1-7-9-10-11-12-13-14-15-16-17-18-19-20-21-22-23-24-37-30(36)32(6,25-28(8-2)29(33)35)26-31(4,5)27(3)34;1-4-5-6-7-8-9-10-11-12-13-14-15-16-17-18-19-20-24-22(23)21(2)3;1-4-5-9-7(8)6(2)3;1-2-3(4)5;/h28H,7-26H2,1-6H3,(H2,33,35);2,4-20H2,1,3H3;2,4-5H2,1,3H3;2H,1H2,(H2,4,5);1H4. The van der Waals surface area contributed by atoms with Gasteiger partial charge in [0.2, 0.25) is 11.8 Å². The highest BCUT2D eigenvalue weighted by molar-refractivity contribution is 5.87. The molecule has 0 aliphatic rings. The lowest BCUT2D eigenvalue weighted by Gasteiger charge is -2.36. The summed E-state index contributed by atoms with van der Waals surface area (Å²) in [6, 6.07) is 0. The van der Waals surface area contributed by atoms with E-state index >= 15 is 0 Å². The van der Waals surface area contributed by atoms with E-state index in [1.165, 1.54) is 186 Å². The van der Waals surface area contributed by atoms with Crippen LogP contribution in [0.15, 0.2) is 37.0 Å². The average Bonchev–Trinajstić information content (AvgIpc) is 3.36. The molecule has 0 aromatic carbocycles. The lowest BCUT2D eigenvalue weighted by Crippen LogP contribution is -2.41. The van der Waals surface area contributed by atoms with Crippen LogP contribution in [0.3, 0.4) is 0 Å². The molecule has 0 fully saturated rings. The minimum atomic E-state index is -0.917. The molecular weight excluding hydrogens is 953 g/mol. The topological polar surface area (TPSA) is 182 Å². The Balaban J connectivity index is -0.000000365. The second-order valence-electron chi connectivity index (χ2n) is 22.1. The molecule has 0 bridgehead atoms. The van der Waals surface area contributed by atoms with Crippen LogP contribution in [0.4, 0.5) is 0 Å². The summed E-state index contributed by atoms with van der Waals surface area (Å²) < 4.78 is 15.5. The molecule has 0 aromatic heterocycles. The molecule has 2 amide bonds. The van der Waals surface area contributed by atoms with Crippen molar-refractivity contribution in [1.29, 1.82) is 0 Å². The van der Waals surface area contributed by atoms with E-state index in [1.807, 2.05) is 34.6 Å². The van der Waals surface area contributed by atoms with Gasteiger partial charge in [0.05, 0.1) is 25.2 Å². The summed E-state index contributed by atoms with van der Waals surface area (Å²) in [6.07, 6.45) is 45.7. The smallest absolute Gasteiger partial charge is 0.333 e. The third-order valence-electron chi connectivity index (χ3n) is 13.7. The van der Waals surface area contributed by atoms with Gasteiger partial charge in [-0.05, 0) is 72.3 Å². The van der Waals surface area contributed by atoms with E-state index in [0.717, 1.165) is 31.8 Å². The molecule has 0 rings (SSSR count). The minimum absolute atomic E-state index is 0. The molecule has 0 spiro atoms. The van der Waals surface area contributed by atoms with Gasteiger partial charge in [-0.2, -0.15) is 0 Å². The number of hydrogen-bond donors (Lipinski definition) is 2. The lowest BCUT2D eigenvalue weighted by molar-refractivity contribution is -0.159. The van der Waals surface area contributed by atoms with Crippen molar-refractivity contribution in [2.75, 3.05) is 19.8 Å². The highest BCUT2D eigenvalue weighted by Gasteiger charge is 2.44. The first-order chi connectivity index (χ1) is 35.6. The number of ketones is 1. The van der Waals surface area contributed by atoms with E-state index in [4.69, 9.17) is 19.9 Å². The normalized spacial score (nSPS) is 11.8. The third kappa shape index (κ3) is 56.4. The van der Waals surface area contributed by atoms with E-state index in [-0.39, 0.29) is 31.1 Å². The molecule has 2 unspecified atom stereocenters.